The Hall–Kier alpha value is -0.413. The van der Waals surface area contributed by atoms with Crippen molar-refractivity contribution in [3.8, 4) is 0 Å². The summed E-state index contributed by atoms with van der Waals surface area (Å²) in [6.07, 6.45) is 8.32. The quantitative estimate of drug-likeness (QED) is 0.310. The van der Waals surface area contributed by atoms with Crippen molar-refractivity contribution in [1.82, 2.24) is 15.2 Å². The van der Waals surface area contributed by atoms with Crippen molar-refractivity contribution in [2.24, 2.45) is 0 Å². The minimum absolute atomic E-state index is 0.804. The summed E-state index contributed by atoms with van der Waals surface area (Å²) in [4.78, 5) is 4.54. The van der Waals surface area contributed by atoms with Crippen LogP contribution >= 0.6 is 11.8 Å². The lowest BCUT2D eigenvalue weighted by Gasteiger charge is -2.23. The maximum Gasteiger partial charge on any atom is 0.500 e. The molecule has 0 radical (unpaired) electrons. The molecule has 0 amide bonds. The van der Waals surface area contributed by atoms with Crippen LogP contribution in [0.1, 0.15) is 51.3 Å². The number of rotatable bonds is 14. The number of aromatic amines is 1. The van der Waals surface area contributed by atoms with E-state index in [4.69, 9.17) is 13.3 Å². The first-order valence-electron chi connectivity index (χ1n) is 8.39. The maximum absolute atomic E-state index is 5.41. The minimum Gasteiger partial charge on any atom is -0.377 e. The summed E-state index contributed by atoms with van der Waals surface area (Å²) in [5.41, 5.74) is 0. The molecule has 1 N–H and O–H groups in total. The average Bonchev–Trinajstić information content (AvgIpc) is 3.03. The fourth-order valence-electron chi connectivity index (χ4n) is 2.36. The van der Waals surface area contributed by atoms with Crippen molar-refractivity contribution < 1.29 is 13.3 Å². The first kappa shape index (κ1) is 20.6. The molecule has 1 rings (SSSR count). The number of hydrogen-bond acceptors (Lipinski definition) is 6. The van der Waals surface area contributed by atoms with Crippen LogP contribution in [0.5, 0.6) is 0 Å². The van der Waals surface area contributed by atoms with E-state index in [-0.39, 0.29) is 0 Å². The van der Waals surface area contributed by atoms with Gasteiger partial charge >= 0.3 is 8.80 Å². The average molecular weight is 362 g/mol. The van der Waals surface area contributed by atoms with Gasteiger partial charge in [-0.2, -0.15) is 0 Å². The fraction of sp³-hybridized carbons (Fsp3) is 0.867. The van der Waals surface area contributed by atoms with E-state index in [0.29, 0.717) is 0 Å². The third-order valence-corrected chi connectivity index (χ3v) is 7.59. The highest BCUT2D eigenvalue weighted by Gasteiger charge is 2.36. The molecule has 1 aromatic rings. The standard InChI is InChI=1S/C15H31N3O3SSi/c1-5-6-7-8-9-11-14-16-15(18-17-14)22-12-10-13-23(19-2,20-3)21-4/h5-13H2,1-4H3,(H,16,17,18). The number of aromatic nitrogens is 3. The van der Waals surface area contributed by atoms with Crippen molar-refractivity contribution in [3.05, 3.63) is 5.82 Å². The van der Waals surface area contributed by atoms with E-state index < -0.39 is 8.80 Å². The highest BCUT2D eigenvalue weighted by atomic mass is 32.2. The summed E-state index contributed by atoms with van der Waals surface area (Å²) in [6, 6.07) is 0.804. The number of unbranched alkanes of at least 4 members (excludes halogenated alkanes) is 4. The van der Waals surface area contributed by atoms with Crippen LogP contribution in [0.15, 0.2) is 5.16 Å². The molecule has 0 aromatic carbocycles. The van der Waals surface area contributed by atoms with Gasteiger partial charge < -0.3 is 13.3 Å². The SMILES string of the molecule is CCCCCCCc1nc(SCCC[Si](OC)(OC)OC)n[nH]1. The van der Waals surface area contributed by atoms with Gasteiger partial charge in [0.15, 0.2) is 0 Å². The molecule has 0 aliphatic heterocycles. The summed E-state index contributed by atoms with van der Waals surface area (Å²) in [5, 5.41) is 8.14. The smallest absolute Gasteiger partial charge is 0.377 e. The Morgan fingerprint density at radius 3 is 2.35 bits per heavy atom. The second kappa shape index (κ2) is 12.0. The third kappa shape index (κ3) is 7.80. The van der Waals surface area contributed by atoms with Gasteiger partial charge in [-0.05, 0) is 12.8 Å². The maximum atomic E-state index is 5.41. The number of aryl methyl sites for hydroxylation is 1. The van der Waals surface area contributed by atoms with E-state index in [0.717, 1.165) is 35.6 Å². The van der Waals surface area contributed by atoms with Crippen molar-refractivity contribution in [2.75, 3.05) is 27.1 Å². The Morgan fingerprint density at radius 1 is 1.00 bits per heavy atom. The van der Waals surface area contributed by atoms with Crippen LogP contribution in [-0.2, 0) is 19.7 Å². The van der Waals surface area contributed by atoms with E-state index >= 15 is 0 Å². The zero-order valence-electron chi connectivity index (χ0n) is 14.9. The molecule has 23 heavy (non-hydrogen) atoms. The van der Waals surface area contributed by atoms with Crippen LogP contribution in [0.3, 0.4) is 0 Å². The molecular formula is C15H31N3O3SSi. The number of nitrogens with zero attached hydrogens (tertiary/aromatic N) is 2. The predicted octanol–water partition coefficient (Wildman–Crippen LogP) is 3.68. The van der Waals surface area contributed by atoms with Gasteiger partial charge in [-0.1, -0.05) is 44.4 Å². The Balaban J connectivity index is 2.21. The second-order valence-corrected chi connectivity index (χ2v) is 9.63. The number of hydrogen-bond donors (Lipinski definition) is 1. The van der Waals surface area contributed by atoms with Gasteiger partial charge in [-0.15, -0.1) is 5.10 Å². The molecule has 1 heterocycles. The second-order valence-electron chi connectivity index (χ2n) is 5.48. The van der Waals surface area contributed by atoms with Crippen LogP contribution in [0.25, 0.3) is 0 Å². The van der Waals surface area contributed by atoms with Crippen molar-refractivity contribution in [2.45, 2.75) is 63.1 Å². The third-order valence-electron chi connectivity index (χ3n) is 3.82. The summed E-state index contributed by atoms with van der Waals surface area (Å²) in [5.74, 6) is 1.93. The zero-order valence-corrected chi connectivity index (χ0v) is 16.7. The van der Waals surface area contributed by atoms with E-state index in [1.54, 1.807) is 33.1 Å². The molecule has 0 aliphatic rings. The molecule has 0 unspecified atom stereocenters. The van der Waals surface area contributed by atoms with Crippen LogP contribution < -0.4 is 0 Å². The first-order chi connectivity index (χ1) is 11.2. The topological polar surface area (TPSA) is 69.3 Å². The molecule has 1 aromatic heterocycles. The lowest BCUT2D eigenvalue weighted by molar-refractivity contribution is 0.123. The number of thioether (sulfide) groups is 1. The van der Waals surface area contributed by atoms with E-state index in [2.05, 4.69) is 22.1 Å². The molecule has 0 bridgehead atoms. The van der Waals surface area contributed by atoms with Crippen molar-refractivity contribution in [3.63, 3.8) is 0 Å². The van der Waals surface area contributed by atoms with Crippen molar-refractivity contribution in [1.29, 1.82) is 0 Å². The molecule has 8 heteroatoms. The van der Waals surface area contributed by atoms with Crippen LogP contribution in [0, 0.1) is 0 Å². The van der Waals surface area contributed by atoms with Gasteiger partial charge in [0.2, 0.25) is 5.16 Å². The van der Waals surface area contributed by atoms with Gasteiger partial charge in [-0.25, -0.2) is 4.98 Å². The summed E-state index contributed by atoms with van der Waals surface area (Å²) >= 11 is 1.66. The molecule has 134 valence electrons. The highest BCUT2D eigenvalue weighted by molar-refractivity contribution is 7.99. The zero-order chi connectivity index (χ0) is 17.0. The monoisotopic (exact) mass is 361 g/mol. The Labute approximate surface area is 145 Å². The van der Waals surface area contributed by atoms with Crippen LogP contribution in [0.2, 0.25) is 6.04 Å². The summed E-state index contributed by atoms with van der Waals surface area (Å²) < 4.78 is 16.2. The van der Waals surface area contributed by atoms with Crippen LogP contribution in [-0.4, -0.2) is 51.1 Å². The molecule has 0 aliphatic carbocycles. The molecular weight excluding hydrogens is 330 g/mol. The molecule has 0 saturated carbocycles. The van der Waals surface area contributed by atoms with Gasteiger partial charge in [0, 0.05) is 39.5 Å². The predicted molar refractivity (Wildman–Crippen MR) is 95.8 cm³/mol. The van der Waals surface area contributed by atoms with Gasteiger partial charge in [-0.3, -0.25) is 5.10 Å². The summed E-state index contributed by atoms with van der Waals surface area (Å²) in [6.45, 7) is 2.23. The molecule has 0 spiro atoms. The lowest BCUT2D eigenvalue weighted by Crippen LogP contribution is -2.42. The number of nitrogens with one attached hydrogen (secondary N) is 1. The normalized spacial score (nSPS) is 12.0. The van der Waals surface area contributed by atoms with Crippen LogP contribution in [0.4, 0.5) is 0 Å². The molecule has 0 saturated heterocycles. The molecule has 0 atom stereocenters. The van der Waals surface area contributed by atoms with Gasteiger partial charge in [0.25, 0.3) is 0 Å². The molecule has 6 nitrogen and oxygen atoms in total. The highest BCUT2D eigenvalue weighted by Crippen LogP contribution is 2.20. The molecule has 0 fully saturated rings. The minimum atomic E-state index is -2.44. The van der Waals surface area contributed by atoms with E-state index in [9.17, 15) is 0 Å². The van der Waals surface area contributed by atoms with E-state index in [1.807, 2.05) is 0 Å². The van der Waals surface area contributed by atoms with E-state index in [1.165, 1.54) is 32.1 Å². The fourth-order valence-corrected chi connectivity index (χ4v) is 5.09. The van der Waals surface area contributed by atoms with Gasteiger partial charge in [0.1, 0.15) is 5.82 Å². The Morgan fingerprint density at radius 2 is 1.70 bits per heavy atom. The lowest BCUT2D eigenvalue weighted by atomic mass is 10.1. The Kier molecular flexibility index (Phi) is 10.8. The van der Waals surface area contributed by atoms with Crippen molar-refractivity contribution >= 4 is 20.6 Å². The summed E-state index contributed by atoms with van der Waals surface area (Å²) in [7, 11) is 2.50. The Bertz CT molecular complexity index is 408. The first-order valence-corrected chi connectivity index (χ1v) is 11.3. The largest absolute Gasteiger partial charge is 0.500 e. The number of H-pyrrole nitrogens is 1. The van der Waals surface area contributed by atoms with Gasteiger partial charge in [0.05, 0.1) is 0 Å².